The lowest BCUT2D eigenvalue weighted by molar-refractivity contribution is -0.138. The highest BCUT2D eigenvalue weighted by atomic mass is 79.9. The SMILES string of the molecule is O=C(O)CCOC1CCN(C(=O)c2cc(Br)sc2Br)CC1. The normalized spacial score (nSPS) is 16.2. The van der Waals surface area contributed by atoms with Crippen molar-refractivity contribution < 1.29 is 19.4 Å². The van der Waals surface area contributed by atoms with Gasteiger partial charge in [-0.3, -0.25) is 9.59 Å². The molecule has 0 unspecified atom stereocenters. The number of nitrogens with zero attached hydrogens (tertiary/aromatic N) is 1. The van der Waals surface area contributed by atoms with E-state index in [1.165, 1.54) is 11.3 Å². The Balaban J connectivity index is 1.82. The number of rotatable bonds is 5. The summed E-state index contributed by atoms with van der Waals surface area (Å²) in [6.45, 7) is 1.50. The number of amides is 1. The highest BCUT2D eigenvalue weighted by molar-refractivity contribution is 9.12. The minimum absolute atomic E-state index is 0.0211. The number of carboxylic acids is 1. The predicted molar refractivity (Wildman–Crippen MR) is 86.8 cm³/mol. The van der Waals surface area contributed by atoms with Crippen molar-refractivity contribution in [1.29, 1.82) is 0 Å². The Bertz CT molecular complexity index is 526. The van der Waals surface area contributed by atoms with Crippen LogP contribution in [0.5, 0.6) is 0 Å². The van der Waals surface area contributed by atoms with Crippen LogP contribution < -0.4 is 0 Å². The van der Waals surface area contributed by atoms with Crippen molar-refractivity contribution in [3.63, 3.8) is 0 Å². The Morgan fingerprint density at radius 3 is 2.57 bits per heavy atom. The molecule has 8 heteroatoms. The van der Waals surface area contributed by atoms with E-state index in [9.17, 15) is 9.59 Å². The summed E-state index contributed by atoms with van der Waals surface area (Å²) in [4.78, 5) is 24.7. The van der Waals surface area contributed by atoms with Gasteiger partial charge in [0.2, 0.25) is 0 Å². The van der Waals surface area contributed by atoms with Crippen LogP contribution in [0.2, 0.25) is 0 Å². The van der Waals surface area contributed by atoms with E-state index in [1.807, 2.05) is 11.0 Å². The fraction of sp³-hybridized carbons (Fsp3) is 0.538. The molecule has 0 aromatic carbocycles. The molecule has 1 aliphatic heterocycles. The van der Waals surface area contributed by atoms with E-state index < -0.39 is 5.97 Å². The van der Waals surface area contributed by atoms with Crippen LogP contribution in [0.25, 0.3) is 0 Å². The molecule has 0 spiro atoms. The average molecular weight is 441 g/mol. The van der Waals surface area contributed by atoms with Crippen molar-refractivity contribution in [3.05, 3.63) is 19.2 Å². The molecule has 2 heterocycles. The zero-order valence-corrected chi connectivity index (χ0v) is 15.2. The van der Waals surface area contributed by atoms with Crippen molar-refractivity contribution in [2.45, 2.75) is 25.4 Å². The van der Waals surface area contributed by atoms with Crippen LogP contribution in [0.4, 0.5) is 0 Å². The number of hydrogen-bond donors (Lipinski definition) is 1. The standard InChI is InChI=1S/C13H15Br2NO4S/c14-10-7-9(12(15)21-10)13(19)16-4-1-8(2-5-16)20-6-3-11(17)18/h7-8H,1-6H2,(H,17,18). The number of carboxylic acid groups (broad SMARTS) is 1. The number of carbonyl (C=O) groups excluding carboxylic acids is 1. The second-order valence-electron chi connectivity index (χ2n) is 4.74. The summed E-state index contributed by atoms with van der Waals surface area (Å²) in [5.74, 6) is -0.830. The first kappa shape index (κ1) is 16.9. The number of piperidine rings is 1. The van der Waals surface area contributed by atoms with Crippen LogP contribution in [0.3, 0.4) is 0 Å². The maximum absolute atomic E-state index is 12.4. The van der Waals surface area contributed by atoms with Crippen LogP contribution in [0, 0.1) is 0 Å². The highest BCUT2D eigenvalue weighted by Crippen LogP contribution is 2.33. The van der Waals surface area contributed by atoms with Crippen LogP contribution in [-0.4, -0.2) is 47.7 Å². The second kappa shape index (κ2) is 7.71. The Kier molecular flexibility index (Phi) is 6.21. The van der Waals surface area contributed by atoms with Crippen LogP contribution >= 0.6 is 43.2 Å². The maximum atomic E-state index is 12.4. The topological polar surface area (TPSA) is 66.8 Å². The van der Waals surface area contributed by atoms with Gasteiger partial charge in [0, 0.05) is 13.1 Å². The van der Waals surface area contributed by atoms with Crippen LogP contribution in [0.15, 0.2) is 13.6 Å². The van der Waals surface area contributed by atoms with Crippen LogP contribution in [0.1, 0.15) is 29.6 Å². The molecule has 0 atom stereocenters. The molecule has 2 rings (SSSR count). The maximum Gasteiger partial charge on any atom is 0.305 e. The minimum atomic E-state index is -0.851. The fourth-order valence-corrected chi connectivity index (χ4v) is 4.97. The number of hydrogen-bond acceptors (Lipinski definition) is 4. The number of likely N-dealkylation sites (tertiary alicyclic amines) is 1. The molecule has 0 saturated carbocycles. The number of ether oxygens (including phenoxy) is 1. The summed E-state index contributed by atoms with van der Waals surface area (Å²) in [5, 5.41) is 8.57. The number of carbonyl (C=O) groups is 2. The zero-order valence-electron chi connectivity index (χ0n) is 11.2. The fourth-order valence-electron chi connectivity index (χ4n) is 2.19. The molecule has 1 fully saturated rings. The van der Waals surface area contributed by atoms with Gasteiger partial charge in [-0.15, -0.1) is 11.3 Å². The monoisotopic (exact) mass is 439 g/mol. The Morgan fingerprint density at radius 1 is 1.38 bits per heavy atom. The van der Waals surface area contributed by atoms with Crippen molar-refractivity contribution in [2.24, 2.45) is 0 Å². The first-order valence-corrected chi connectivity index (χ1v) is 8.95. The molecule has 1 aromatic rings. The second-order valence-corrected chi connectivity index (χ2v) is 8.49. The predicted octanol–water partition coefficient (Wildman–Crippen LogP) is 3.37. The molecule has 1 aromatic heterocycles. The third-order valence-corrected chi connectivity index (χ3v) is 5.63. The van der Waals surface area contributed by atoms with Crippen molar-refractivity contribution in [3.8, 4) is 0 Å². The van der Waals surface area contributed by atoms with Gasteiger partial charge in [0.05, 0.1) is 32.3 Å². The van der Waals surface area contributed by atoms with Gasteiger partial charge in [-0.1, -0.05) is 0 Å². The molecular weight excluding hydrogens is 426 g/mol. The third-order valence-electron chi connectivity index (χ3n) is 3.29. The number of aliphatic carboxylic acids is 1. The lowest BCUT2D eigenvalue weighted by Gasteiger charge is -2.31. The molecule has 1 N–H and O–H groups in total. The minimum Gasteiger partial charge on any atom is -0.481 e. The highest BCUT2D eigenvalue weighted by Gasteiger charge is 2.26. The van der Waals surface area contributed by atoms with E-state index >= 15 is 0 Å². The van der Waals surface area contributed by atoms with Crippen molar-refractivity contribution in [2.75, 3.05) is 19.7 Å². The molecule has 1 amide bonds. The zero-order chi connectivity index (χ0) is 15.4. The van der Waals surface area contributed by atoms with E-state index in [2.05, 4.69) is 31.9 Å². The number of halogens is 2. The largest absolute Gasteiger partial charge is 0.481 e. The van der Waals surface area contributed by atoms with E-state index in [-0.39, 0.29) is 25.0 Å². The molecule has 5 nitrogen and oxygen atoms in total. The van der Waals surface area contributed by atoms with Gasteiger partial charge < -0.3 is 14.7 Å². The summed E-state index contributed by atoms with van der Waals surface area (Å²) in [5.41, 5.74) is 0.678. The average Bonchev–Trinajstić information content (AvgIpc) is 2.77. The molecule has 0 radical (unpaired) electrons. The summed E-state index contributed by atoms with van der Waals surface area (Å²) in [6, 6.07) is 1.83. The quantitative estimate of drug-likeness (QED) is 0.762. The summed E-state index contributed by atoms with van der Waals surface area (Å²) in [6.07, 6.45) is 1.56. The smallest absolute Gasteiger partial charge is 0.305 e. The summed E-state index contributed by atoms with van der Waals surface area (Å²) in [7, 11) is 0. The summed E-state index contributed by atoms with van der Waals surface area (Å²) < 4.78 is 7.28. The van der Waals surface area contributed by atoms with Gasteiger partial charge in [-0.05, 0) is 50.8 Å². The van der Waals surface area contributed by atoms with Gasteiger partial charge in [0.1, 0.15) is 0 Å². The van der Waals surface area contributed by atoms with E-state index in [4.69, 9.17) is 9.84 Å². The Morgan fingerprint density at radius 2 is 2.05 bits per heavy atom. The molecule has 0 aliphatic carbocycles. The van der Waals surface area contributed by atoms with Gasteiger partial charge >= 0.3 is 5.97 Å². The third kappa shape index (κ3) is 4.77. The van der Waals surface area contributed by atoms with Gasteiger partial charge in [0.25, 0.3) is 5.91 Å². The Labute approximate surface area is 143 Å². The number of thiophene rings is 1. The Hall–Kier alpha value is -0.440. The molecule has 1 aliphatic rings. The lowest BCUT2D eigenvalue weighted by Crippen LogP contribution is -2.41. The van der Waals surface area contributed by atoms with E-state index in [1.54, 1.807) is 0 Å². The molecular formula is C13H15Br2NO4S. The van der Waals surface area contributed by atoms with Crippen LogP contribution in [-0.2, 0) is 9.53 Å². The first-order valence-electron chi connectivity index (χ1n) is 6.55. The van der Waals surface area contributed by atoms with Crippen molar-refractivity contribution >= 4 is 55.1 Å². The van der Waals surface area contributed by atoms with Crippen molar-refractivity contribution in [1.82, 2.24) is 4.90 Å². The summed E-state index contributed by atoms with van der Waals surface area (Å²) >= 11 is 8.26. The molecule has 0 bridgehead atoms. The van der Waals surface area contributed by atoms with Gasteiger partial charge in [0.15, 0.2) is 0 Å². The molecule has 21 heavy (non-hydrogen) atoms. The first-order chi connectivity index (χ1) is 9.97. The molecule has 1 saturated heterocycles. The van der Waals surface area contributed by atoms with E-state index in [0.29, 0.717) is 18.7 Å². The van der Waals surface area contributed by atoms with E-state index in [0.717, 1.165) is 20.4 Å². The van der Waals surface area contributed by atoms with Gasteiger partial charge in [-0.25, -0.2) is 0 Å². The molecule has 116 valence electrons. The lowest BCUT2D eigenvalue weighted by atomic mass is 10.1. The van der Waals surface area contributed by atoms with Gasteiger partial charge in [-0.2, -0.15) is 0 Å².